The zero-order chi connectivity index (χ0) is 20.5. The zero-order valence-corrected chi connectivity index (χ0v) is 16.9. The van der Waals surface area contributed by atoms with Crippen LogP contribution in [0.15, 0.2) is 43.1 Å². The summed E-state index contributed by atoms with van der Waals surface area (Å²) in [5.74, 6) is 1.39. The molecule has 0 saturated heterocycles. The number of alkyl halides is 3. The van der Waals surface area contributed by atoms with E-state index in [2.05, 4.69) is 19.9 Å². The SMILES string of the molecule is CCO.ClCc1cn2cccnc2n1.Nc1ncccn1.O=C(CCl)CCl. The van der Waals surface area contributed by atoms with E-state index in [9.17, 15) is 4.79 Å². The normalized spacial score (nSPS) is 9.07. The molecule has 3 aromatic rings. The van der Waals surface area contributed by atoms with Crippen molar-refractivity contribution in [2.45, 2.75) is 12.8 Å². The predicted molar refractivity (Wildman–Crippen MR) is 108 cm³/mol. The van der Waals surface area contributed by atoms with E-state index in [1.807, 2.05) is 22.9 Å². The monoisotopic (exact) mass is 434 g/mol. The lowest BCUT2D eigenvalue weighted by molar-refractivity contribution is -0.114. The van der Waals surface area contributed by atoms with Gasteiger partial charge in [-0.3, -0.25) is 9.20 Å². The average molecular weight is 436 g/mol. The number of nitrogens with zero attached hydrogens (tertiary/aromatic N) is 5. The number of anilines is 1. The number of hydrogen-bond acceptors (Lipinski definition) is 7. The number of hydrogen-bond donors (Lipinski definition) is 2. The van der Waals surface area contributed by atoms with Gasteiger partial charge < -0.3 is 10.8 Å². The summed E-state index contributed by atoms with van der Waals surface area (Å²) in [6.07, 6.45) is 8.67. The van der Waals surface area contributed by atoms with Crippen LogP contribution in [0.2, 0.25) is 0 Å². The standard InChI is InChI=1S/C7H6ClN3.C4H5N3.C3H4Cl2O.C2H6O/c8-4-6-5-11-3-1-2-9-7(11)10-6;5-4-6-2-1-3-7-4;4-1-3(6)2-5;1-2-3/h1-3,5H,4H2;1-3H,(H2,5,6,7);1-2H2;3H,2H2,1H3. The van der Waals surface area contributed by atoms with Crippen molar-refractivity contribution >= 4 is 52.3 Å². The quantitative estimate of drug-likeness (QED) is 0.607. The number of carbonyl (C=O) groups is 1. The minimum absolute atomic E-state index is 0.0312. The molecule has 0 aliphatic heterocycles. The lowest BCUT2D eigenvalue weighted by Gasteiger charge is -1.85. The molecule has 3 heterocycles. The highest BCUT2D eigenvalue weighted by molar-refractivity contribution is 6.35. The fourth-order valence-electron chi connectivity index (χ4n) is 1.29. The minimum Gasteiger partial charge on any atom is -0.397 e. The van der Waals surface area contributed by atoms with E-state index in [1.165, 1.54) is 0 Å². The lowest BCUT2D eigenvalue weighted by Crippen LogP contribution is -1.98. The van der Waals surface area contributed by atoms with Crippen LogP contribution in [-0.2, 0) is 10.7 Å². The number of aliphatic hydroxyl groups is 1. The van der Waals surface area contributed by atoms with Crippen LogP contribution in [0.1, 0.15) is 12.6 Å². The Labute approximate surface area is 172 Å². The van der Waals surface area contributed by atoms with Gasteiger partial charge in [0.15, 0.2) is 5.78 Å². The van der Waals surface area contributed by atoms with Crippen LogP contribution >= 0.6 is 34.8 Å². The van der Waals surface area contributed by atoms with Gasteiger partial charge in [0.2, 0.25) is 11.7 Å². The number of nitrogens with two attached hydrogens (primary N) is 1. The van der Waals surface area contributed by atoms with Gasteiger partial charge in [0.25, 0.3) is 0 Å². The number of carbonyl (C=O) groups excluding carboxylic acids is 1. The number of nitrogen functional groups attached to an aromatic ring is 1. The molecule has 8 nitrogen and oxygen atoms in total. The summed E-state index contributed by atoms with van der Waals surface area (Å²) in [6, 6.07) is 3.57. The smallest absolute Gasteiger partial charge is 0.233 e. The number of imidazole rings is 1. The Kier molecular flexibility index (Phi) is 15.0. The summed E-state index contributed by atoms with van der Waals surface area (Å²) < 4.78 is 1.84. The predicted octanol–water partition coefficient (Wildman–Crippen LogP) is 2.56. The van der Waals surface area contributed by atoms with Gasteiger partial charge in [0, 0.05) is 37.6 Å². The Balaban J connectivity index is 0.000000370. The fraction of sp³-hybridized carbons (Fsp3) is 0.312. The van der Waals surface area contributed by atoms with Gasteiger partial charge in [0.1, 0.15) is 0 Å². The second-order valence-corrected chi connectivity index (χ2v) is 5.22. The van der Waals surface area contributed by atoms with E-state index >= 15 is 0 Å². The van der Waals surface area contributed by atoms with E-state index < -0.39 is 0 Å². The van der Waals surface area contributed by atoms with Gasteiger partial charge in [-0.15, -0.1) is 34.8 Å². The molecule has 0 aromatic carbocycles. The molecule has 0 saturated carbocycles. The molecule has 3 N–H and O–H groups in total. The van der Waals surface area contributed by atoms with Gasteiger partial charge in [-0.1, -0.05) is 0 Å². The highest BCUT2D eigenvalue weighted by Crippen LogP contribution is 2.03. The Morgan fingerprint density at radius 3 is 2.04 bits per heavy atom. The van der Waals surface area contributed by atoms with Crippen LogP contribution in [-0.4, -0.2) is 53.6 Å². The van der Waals surface area contributed by atoms with Crippen molar-refractivity contribution in [3.05, 3.63) is 48.8 Å². The molecule has 0 fully saturated rings. The number of fused-ring (bicyclic) bond motifs is 1. The first-order chi connectivity index (χ1) is 13.0. The molecule has 0 aliphatic carbocycles. The van der Waals surface area contributed by atoms with Crippen LogP contribution in [0.3, 0.4) is 0 Å². The van der Waals surface area contributed by atoms with Gasteiger partial charge in [-0.25, -0.2) is 19.9 Å². The van der Waals surface area contributed by atoms with E-state index in [1.54, 1.807) is 31.6 Å². The van der Waals surface area contributed by atoms with Crippen LogP contribution in [0, 0.1) is 0 Å². The number of ketones is 1. The third-order valence-corrected chi connectivity index (χ3v) is 3.18. The fourth-order valence-corrected chi connectivity index (χ4v) is 1.70. The molecular formula is C16H21Cl3N6O2. The first kappa shape index (κ1) is 25.0. The van der Waals surface area contributed by atoms with Crippen molar-refractivity contribution in [1.82, 2.24) is 24.3 Å². The van der Waals surface area contributed by atoms with Crippen molar-refractivity contribution in [1.29, 1.82) is 0 Å². The second kappa shape index (κ2) is 16.2. The highest BCUT2D eigenvalue weighted by Gasteiger charge is 1.98. The van der Waals surface area contributed by atoms with Gasteiger partial charge >= 0.3 is 0 Å². The second-order valence-electron chi connectivity index (χ2n) is 4.42. The van der Waals surface area contributed by atoms with Crippen molar-refractivity contribution in [2.75, 3.05) is 24.1 Å². The Morgan fingerprint density at radius 1 is 1.11 bits per heavy atom. The largest absolute Gasteiger partial charge is 0.397 e. The molecule has 0 atom stereocenters. The molecule has 0 radical (unpaired) electrons. The lowest BCUT2D eigenvalue weighted by atomic mass is 10.5. The number of Topliss-reactive ketones (excluding diaryl/α,β-unsaturated/α-hetero) is 1. The first-order valence-corrected chi connectivity index (χ1v) is 9.24. The molecule has 0 bridgehead atoms. The topological polar surface area (TPSA) is 119 Å². The molecule has 11 heteroatoms. The van der Waals surface area contributed by atoms with E-state index in [-0.39, 0.29) is 24.2 Å². The van der Waals surface area contributed by atoms with E-state index in [0.717, 1.165) is 5.69 Å². The maximum atomic E-state index is 9.92. The maximum absolute atomic E-state index is 9.92. The third kappa shape index (κ3) is 12.1. The summed E-state index contributed by atoms with van der Waals surface area (Å²) in [5, 5.41) is 7.57. The highest BCUT2D eigenvalue weighted by atomic mass is 35.5. The van der Waals surface area contributed by atoms with Gasteiger partial charge in [-0.05, 0) is 19.1 Å². The summed E-state index contributed by atoms with van der Waals surface area (Å²) >= 11 is 15.6. The molecule has 27 heavy (non-hydrogen) atoms. The van der Waals surface area contributed by atoms with Gasteiger partial charge in [0.05, 0.1) is 23.3 Å². The summed E-state index contributed by atoms with van der Waals surface area (Å²) in [7, 11) is 0. The van der Waals surface area contributed by atoms with Gasteiger partial charge in [-0.2, -0.15) is 0 Å². The molecule has 0 amide bonds. The molecule has 0 unspecified atom stereocenters. The average Bonchev–Trinajstić information content (AvgIpc) is 3.13. The van der Waals surface area contributed by atoms with Crippen LogP contribution in [0.25, 0.3) is 5.78 Å². The van der Waals surface area contributed by atoms with Crippen molar-refractivity contribution in [3.8, 4) is 0 Å². The van der Waals surface area contributed by atoms with Crippen LogP contribution in [0.5, 0.6) is 0 Å². The van der Waals surface area contributed by atoms with Crippen molar-refractivity contribution in [2.24, 2.45) is 0 Å². The molecule has 3 rings (SSSR count). The van der Waals surface area contributed by atoms with Crippen LogP contribution < -0.4 is 5.73 Å². The third-order valence-electron chi connectivity index (χ3n) is 2.31. The van der Waals surface area contributed by atoms with E-state index in [4.69, 9.17) is 45.6 Å². The summed E-state index contributed by atoms with van der Waals surface area (Å²) in [6.45, 7) is 1.93. The molecular weight excluding hydrogens is 415 g/mol. The Morgan fingerprint density at radius 2 is 1.67 bits per heavy atom. The van der Waals surface area contributed by atoms with Crippen molar-refractivity contribution in [3.63, 3.8) is 0 Å². The molecule has 148 valence electrons. The minimum atomic E-state index is -0.127. The van der Waals surface area contributed by atoms with Crippen molar-refractivity contribution < 1.29 is 9.90 Å². The Hall–Kier alpha value is -2.00. The number of aromatic nitrogens is 5. The molecule has 0 spiro atoms. The Bertz CT molecular complexity index is 719. The number of halogens is 3. The molecule has 3 aromatic heterocycles. The first-order valence-electron chi connectivity index (χ1n) is 7.63. The summed E-state index contributed by atoms with van der Waals surface area (Å²) in [5.41, 5.74) is 5.99. The summed E-state index contributed by atoms with van der Waals surface area (Å²) in [4.78, 5) is 25.4. The van der Waals surface area contributed by atoms with Crippen LogP contribution in [0.4, 0.5) is 5.95 Å². The number of aliphatic hydroxyl groups excluding tert-OH is 1. The maximum Gasteiger partial charge on any atom is 0.233 e. The zero-order valence-electron chi connectivity index (χ0n) is 14.7. The van der Waals surface area contributed by atoms with E-state index in [0.29, 0.717) is 17.6 Å². The molecule has 0 aliphatic rings. The number of rotatable bonds is 3.